The van der Waals surface area contributed by atoms with Gasteiger partial charge in [-0.05, 0) is 12.8 Å². The Morgan fingerprint density at radius 1 is 1.47 bits per heavy atom. The van der Waals surface area contributed by atoms with Crippen molar-refractivity contribution in [3.63, 3.8) is 0 Å². The number of carboxylic acid groups (broad SMARTS) is 1. The lowest BCUT2D eigenvalue weighted by Gasteiger charge is -2.10. The molecule has 1 N–H and O–H groups in total. The van der Waals surface area contributed by atoms with E-state index in [9.17, 15) is 22.2 Å². The van der Waals surface area contributed by atoms with Gasteiger partial charge in [-0.2, -0.15) is 13.2 Å². The van der Waals surface area contributed by atoms with Crippen molar-refractivity contribution in [2.24, 2.45) is 0 Å². The van der Waals surface area contributed by atoms with Gasteiger partial charge in [-0.3, -0.25) is 9.00 Å². The molecule has 2 unspecified atom stereocenters. The standard InChI is InChI=1S/C8H13F3O3S/c1-2-6(7(12)13)15(14)5-3-4-8(9,10)11/h6H,2-5H2,1H3,(H,12,13). The normalized spacial score (nSPS) is 16.0. The van der Waals surface area contributed by atoms with Crippen LogP contribution in [-0.2, 0) is 15.6 Å². The van der Waals surface area contributed by atoms with Crippen molar-refractivity contribution in [2.45, 2.75) is 37.6 Å². The summed E-state index contributed by atoms with van der Waals surface area (Å²) in [5, 5.41) is 7.53. The molecule has 15 heavy (non-hydrogen) atoms. The van der Waals surface area contributed by atoms with E-state index in [1.165, 1.54) is 0 Å². The minimum atomic E-state index is -4.27. The lowest BCUT2D eigenvalue weighted by Crippen LogP contribution is -2.26. The first-order chi connectivity index (χ1) is 6.78. The van der Waals surface area contributed by atoms with Crippen LogP contribution in [0.2, 0.25) is 0 Å². The zero-order chi connectivity index (χ0) is 12.1. The Hall–Kier alpha value is -0.590. The molecule has 0 heterocycles. The van der Waals surface area contributed by atoms with Gasteiger partial charge in [0.05, 0.1) is 0 Å². The number of rotatable bonds is 6. The number of hydrogen-bond acceptors (Lipinski definition) is 2. The molecule has 3 nitrogen and oxygen atoms in total. The van der Waals surface area contributed by atoms with Crippen LogP contribution in [0.4, 0.5) is 13.2 Å². The largest absolute Gasteiger partial charge is 0.480 e. The third-order valence-corrected chi connectivity index (χ3v) is 3.63. The summed E-state index contributed by atoms with van der Waals surface area (Å²) in [6.45, 7) is 1.54. The van der Waals surface area contributed by atoms with E-state index in [-0.39, 0.29) is 18.6 Å². The van der Waals surface area contributed by atoms with Crippen LogP contribution in [0.25, 0.3) is 0 Å². The molecule has 0 aliphatic rings. The average molecular weight is 246 g/mol. The van der Waals surface area contributed by atoms with E-state index in [1.54, 1.807) is 6.92 Å². The zero-order valence-corrected chi connectivity index (χ0v) is 9.03. The quantitative estimate of drug-likeness (QED) is 0.779. The molecule has 90 valence electrons. The summed E-state index contributed by atoms with van der Waals surface area (Å²) in [7, 11) is -1.72. The predicted molar refractivity (Wildman–Crippen MR) is 50.0 cm³/mol. The highest BCUT2D eigenvalue weighted by molar-refractivity contribution is 7.86. The smallest absolute Gasteiger partial charge is 0.389 e. The maximum Gasteiger partial charge on any atom is 0.389 e. The molecule has 0 spiro atoms. The van der Waals surface area contributed by atoms with Crippen LogP contribution in [0.5, 0.6) is 0 Å². The Balaban J connectivity index is 3.98. The molecule has 2 atom stereocenters. The maximum absolute atomic E-state index is 11.7. The van der Waals surface area contributed by atoms with E-state index in [1.807, 2.05) is 0 Å². The zero-order valence-electron chi connectivity index (χ0n) is 8.21. The van der Waals surface area contributed by atoms with E-state index in [0.717, 1.165) is 0 Å². The fourth-order valence-corrected chi connectivity index (χ4v) is 2.34. The van der Waals surface area contributed by atoms with Gasteiger partial charge < -0.3 is 5.11 Å². The summed E-state index contributed by atoms with van der Waals surface area (Å²) in [5.41, 5.74) is 0. The number of halogens is 3. The Morgan fingerprint density at radius 2 is 2.00 bits per heavy atom. The van der Waals surface area contributed by atoms with Crippen LogP contribution in [-0.4, -0.2) is 32.5 Å². The van der Waals surface area contributed by atoms with Crippen molar-refractivity contribution in [1.29, 1.82) is 0 Å². The summed E-state index contributed by atoms with van der Waals surface area (Å²) < 4.78 is 46.5. The summed E-state index contributed by atoms with van der Waals surface area (Å²) in [6.07, 6.45) is -5.42. The maximum atomic E-state index is 11.7. The molecule has 0 saturated heterocycles. The first-order valence-electron chi connectivity index (χ1n) is 4.44. The highest BCUT2D eigenvalue weighted by Gasteiger charge is 2.28. The van der Waals surface area contributed by atoms with E-state index in [4.69, 9.17) is 5.11 Å². The molecule has 0 fully saturated rings. The molecule has 0 aromatic heterocycles. The molecule has 0 aliphatic carbocycles. The average Bonchev–Trinajstić information content (AvgIpc) is 2.01. The van der Waals surface area contributed by atoms with Crippen molar-refractivity contribution < 1.29 is 27.3 Å². The van der Waals surface area contributed by atoms with Crippen molar-refractivity contribution in [3.8, 4) is 0 Å². The minimum absolute atomic E-state index is 0.161. The van der Waals surface area contributed by atoms with Crippen LogP contribution in [0.15, 0.2) is 0 Å². The molecule has 0 radical (unpaired) electrons. The fraction of sp³-hybridized carbons (Fsp3) is 0.875. The van der Waals surface area contributed by atoms with Crippen molar-refractivity contribution in [1.82, 2.24) is 0 Å². The van der Waals surface area contributed by atoms with Gasteiger partial charge in [0.15, 0.2) is 0 Å². The highest BCUT2D eigenvalue weighted by Crippen LogP contribution is 2.21. The van der Waals surface area contributed by atoms with Gasteiger partial charge in [-0.15, -0.1) is 0 Å². The van der Waals surface area contributed by atoms with Gasteiger partial charge in [-0.1, -0.05) is 6.92 Å². The Morgan fingerprint density at radius 3 is 2.33 bits per heavy atom. The van der Waals surface area contributed by atoms with E-state index in [2.05, 4.69) is 0 Å². The molecule has 0 aromatic rings. The number of hydrogen-bond donors (Lipinski definition) is 1. The Bertz CT molecular complexity index is 240. The second kappa shape index (κ2) is 6.09. The Kier molecular flexibility index (Phi) is 5.85. The second-order valence-corrected chi connectivity index (χ2v) is 4.78. The number of carboxylic acids is 1. The summed E-state index contributed by atoms with van der Waals surface area (Å²) in [4.78, 5) is 10.5. The predicted octanol–water partition coefficient (Wildman–Crippen LogP) is 1.94. The number of aliphatic carboxylic acids is 1. The third kappa shape index (κ3) is 6.48. The first kappa shape index (κ1) is 14.4. The van der Waals surface area contributed by atoms with Crippen LogP contribution >= 0.6 is 0 Å². The molecule has 0 rings (SSSR count). The second-order valence-electron chi connectivity index (χ2n) is 3.04. The lowest BCUT2D eigenvalue weighted by atomic mass is 10.3. The van der Waals surface area contributed by atoms with Gasteiger partial charge in [0, 0.05) is 23.0 Å². The van der Waals surface area contributed by atoms with Gasteiger partial charge in [0.2, 0.25) is 0 Å². The first-order valence-corrected chi connectivity index (χ1v) is 5.83. The van der Waals surface area contributed by atoms with E-state index >= 15 is 0 Å². The van der Waals surface area contributed by atoms with E-state index < -0.39 is 34.6 Å². The number of carbonyl (C=O) groups is 1. The summed E-state index contributed by atoms with van der Waals surface area (Å²) in [5.74, 6) is -1.44. The third-order valence-electron chi connectivity index (χ3n) is 1.77. The highest BCUT2D eigenvalue weighted by atomic mass is 32.2. The SMILES string of the molecule is CCC(C(=O)O)S(=O)CCCC(F)(F)F. The molecular weight excluding hydrogens is 233 g/mol. The lowest BCUT2D eigenvalue weighted by molar-refractivity contribution is -0.136. The van der Waals surface area contributed by atoms with Crippen molar-refractivity contribution in [2.75, 3.05) is 5.75 Å². The fourth-order valence-electron chi connectivity index (χ4n) is 1.03. The van der Waals surface area contributed by atoms with Gasteiger partial charge >= 0.3 is 12.1 Å². The van der Waals surface area contributed by atoms with Crippen LogP contribution in [0.1, 0.15) is 26.2 Å². The van der Waals surface area contributed by atoms with Crippen LogP contribution in [0, 0.1) is 0 Å². The monoisotopic (exact) mass is 246 g/mol. The topological polar surface area (TPSA) is 54.4 Å². The summed E-state index contributed by atoms with van der Waals surface area (Å²) >= 11 is 0. The van der Waals surface area contributed by atoms with Crippen LogP contribution < -0.4 is 0 Å². The van der Waals surface area contributed by atoms with Crippen LogP contribution in [0.3, 0.4) is 0 Å². The summed E-state index contributed by atoms with van der Waals surface area (Å²) in [6, 6.07) is 0. The van der Waals surface area contributed by atoms with Gasteiger partial charge in [0.1, 0.15) is 5.25 Å². The molecule has 0 aromatic carbocycles. The van der Waals surface area contributed by atoms with Gasteiger partial charge in [0.25, 0.3) is 0 Å². The Labute approximate surface area is 88.1 Å². The molecule has 7 heteroatoms. The molecule has 0 amide bonds. The van der Waals surface area contributed by atoms with Crippen molar-refractivity contribution >= 4 is 16.8 Å². The van der Waals surface area contributed by atoms with E-state index in [0.29, 0.717) is 0 Å². The minimum Gasteiger partial charge on any atom is -0.480 e. The molecule has 0 aliphatic heterocycles. The molecule has 0 bridgehead atoms. The van der Waals surface area contributed by atoms with Gasteiger partial charge in [-0.25, -0.2) is 0 Å². The van der Waals surface area contributed by atoms with Crippen molar-refractivity contribution in [3.05, 3.63) is 0 Å². The molecular formula is C8H13F3O3S. The molecule has 0 saturated carbocycles. The number of alkyl halides is 3.